The highest BCUT2D eigenvalue weighted by Gasteiger charge is 2.11. The Morgan fingerprint density at radius 2 is 1.65 bits per heavy atom. The van der Waals surface area contributed by atoms with Crippen molar-refractivity contribution < 1.29 is 0 Å². The highest BCUT2D eigenvalue weighted by molar-refractivity contribution is 5.86. The van der Waals surface area contributed by atoms with Gasteiger partial charge in [-0.2, -0.15) is 0 Å². The monoisotopic (exact) mass is 339 g/mol. The molecule has 4 rings (SSSR count). The summed E-state index contributed by atoms with van der Waals surface area (Å²) in [5, 5.41) is 0. The van der Waals surface area contributed by atoms with Crippen LogP contribution in [0.3, 0.4) is 0 Å². The maximum absolute atomic E-state index is 12.5. The average Bonchev–Trinajstić information content (AvgIpc) is 2.67. The van der Waals surface area contributed by atoms with Crippen molar-refractivity contribution in [3.8, 4) is 11.3 Å². The molecule has 0 fully saturated rings. The van der Waals surface area contributed by atoms with Gasteiger partial charge in [0.05, 0.1) is 16.7 Å². The van der Waals surface area contributed by atoms with E-state index in [-0.39, 0.29) is 5.56 Å². The summed E-state index contributed by atoms with van der Waals surface area (Å²) < 4.78 is 0. The van der Waals surface area contributed by atoms with E-state index < -0.39 is 0 Å². The number of para-hydroxylation sites is 3. The zero-order valence-corrected chi connectivity index (χ0v) is 14.3. The van der Waals surface area contributed by atoms with Gasteiger partial charge in [-0.25, -0.2) is 4.98 Å². The minimum atomic E-state index is -0.221. The van der Waals surface area contributed by atoms with Gasteiger partial charge in [0.1, 0.15) is 5.69 Å². The zero-order valence-electron chi connectivity index (χ0n) is 14.3. The highest BCUT2D eigenvalue weighted by Crippen LogP contribution is 2.27. The predicted molar refractivity (Wildman–Crippen MR) is 106 cm³/mol. The lowest BCUT2D eigenvalue weighted by Crippen LogP contribution is -2.11. The second-order valence-corrected chi connectivity index (χ2v) is 6.12. The van der Waals surface area contributed by atoms with Gasteiger partial charge in [0, 0.05) is 11.8 Å². The third-order valence-corrected chi connectivity index (χ3v) is 4.19. The Kier molecular flexibility index (Phi) is 4.15. The average molecular weight is 339 g/mol. The summed E-state index contributed by atoms with van der Waals surface area (Å²) in [6.07, 6.45) is 1.80. The van der Waals surface area contributed by atoms with Crippen molar-refractivity contribution in [2.75, 3.05) is 0 Å². The van der Waals surface area contributed by atoms with E-state index in [0.717, 1.165) is 16.6 Å². The quantitative estimate of drug-likeness (QED) is 0.552. The molecule has 0 spiro atoms. The molecule has 26 heavy (non-hydrogen) atoms. The van der Waals surface area contributed by atoms with Crippen molar-refractivity contribution in [3.05, 3.63) is 94.3 Å². The van der Waals surface area contributed by atoms with E-state index in [1.165, 1.54) is 5.56 Å². The van der Waals surface area contributed by atoms with Crippen LogP contribution >= 0.6 is 0 Å². The van der Waals surface area contributed by atoms with Gasteiger partial charge >= 0.3 is 0 Å². The number of aryl methyl sites for hydroxylation is 1. The maximum Gasteiger partial charge on any atom is 0.275 e. The van der Waals surface area contributed by atoms with Crippen LogP contribution in [0, 0.1) is 6.92 Å². The largest absolute Gasteiger partial charge is 0.319 e. The molecule has 0 aliphatic heterocycles. The Morgan fingerprint density at radius 1 is 0.923 bits per heavy atom. The minimum Gasteiger partial charge on any atom is -0.319 e. The molecule has 0 amide bonds. The summed E-state index contributed by atoms with van der Waals surface area (Å²) in [6, 6.07) is 23.2. The molecular formula is C22H17N3O. The zero-order chi connectivity index (χ0) is 17.9. The molecule has 4 aromatic rings. The van der Waals surface area contributed by atoms with Gasteiger partial charge in [0.25, 0.3) is 5.56 Å². The summed E-state index contributed by atoms with van der Waals surface area (Å²) in [7, 11) is 0. The van der Waals surface area contributed by atoms with Gasteiger partial charge in [0.15, 0.2) is 0 Å². The summed E-state index contributed by atoms with van der Waals surface area (Å²) in [5.74, 6) is 0. The fourth-order valence-corrected chi connectivity index (χ4v) is 2.80. The second kappa shape index (κ2) is 6.76. The predicted octanol–water partition coefficient (Wildman–Crippen LogP) is 4.65. The van der Waals surface area contributed by atoms with Crippen molar-refractivity contribution in [2.45, 2.75) is 6.92 Å². The Morgan fingerprint density at radius 3 is 2.50 bits per heavy atom. The molecule has 4 nitrogen and oxygen atoms in total. The number of hydrogen-bond donors (Lipinski definition) is 1. The number of hydrogen-bond acceptors (Lipinski definition) is 3. The van der Waals surface area contributed by atoms with Crippen LogP contribution in [-0.2, 0) is 0 Å². The number of aliphatic imine (C=N–C) groups is 1. The van der Waals surface area contributed by atoms with Gasteiger partial charge in [0.2, 0.25) is 0 Å². The molecule has 1 heterocycles. The van der Waals surface area contributed by atoms with E-state index in [1.54, 1.807) is 6.21 Å². The molecule has 0 radical (unpaired) electrons. The van der Waals surface area contributed by atoms with E-state index in [1.807, 2.05) is 79.7 Å². The van der Waals surface area contributed by atoms with Crippen LogP contribution in [0.15, 0.2) is 82.6 Å². The van der Waals surface area contributed by atoms with Crippen LogP contribution in [0.2, 0.25) is 0 Å². The van der Waals surface area contributed by atoms with Crippen LogP contribution < -0.4 is 5.56 Å². The fraction of sp³-hybridized carbons (Fsp3) is 0.0455. The normalized spacial score (nSPS) is 11.3. The lowest BCUT2D eigenvalue weighted by molar-refractivity contribution is 1.22. The summed E-state index contributed by atoms with van der Waals surface area (Å²) in [5.41, 5.74) is 5.26. The van der Waals surface area contributed by atoms with E-state index in [9.17, 15) is 4.79 Å². The van der Waals surface area contributed by atoms with Crippen LogP contribution in [0.5, 0.6) is 0 Å². The van der Waals surface area contributed by atoms with Gasteiger partial charge in [-0.15, -0.1) is 0 Å². The first-order valence-electron chi connectivity index (χ1n) is 8.40. The molecule has 0 atom stereocenters. The molecule has 3 aromatic carbocycles. The summed E-state index contributed by atoms with van der Waals surface area (Å²) in [6.45, 7) is 2.05. The van der Waals surface area contributed by atoms with E-state index in [4.69, 9.17) is 0 Å². The number of H-pyrrole nitrogens is 1. The van der Waals surface area contributed by atoms with Crippen LogP contribution in [0.25, 0.3) is 22.3 Å². The smallest absolute Gasteiger partial charge is 0.275 e. The van der Waals surface area contributed by atoms with Crippen molar-refractivity contribution in [1.29, 1.82) is 0 Å². The SMILES string of the molecule is Cc1ccc(C=Nc2ccccc2-c2nc3ccccc3[nH]c2=O)cc1. The van der Waals surface area contributed by atoms with Crippen LogP contribution in [-0.4, -0.2) is 16.2 Å². The number of nitrogens with zero attached hydrogens (tertiary/aromatic N) is 2. The second-order valence-electron chi connectivity index (χ2n) is 6.12. The molecule has 0 aliphatic rings. The van der Waals surface area contributed by atoms with Crippen molar-refractivity contribution in [2.24, 2.45) is 4.99 Å². The van der Waals surface area contributed by atoms with Crippen LogP contribution in [0.4, 0.5) is 5.69 Å². The van der Waals surface area contributed by atoms with Gasteiger partial charge in [-0.05, 0) is 30.7 Å². The van der Waals surface area contributed by atoms with Crippen molar-refractivity contribution >= 4 is 22.9 Å². The number of aromatic amines is 1. The minimum absolute atomic E-state index is 0.221. The van der Waals surface area contributed by atoms with E-state index >= 15 is 0 Å². The fourth-order valence-electron chi connectivity index (χ4n) is 2.80. The molecule has 1 aromatic heterocycles. The first-order valence-corrected chi connectivity index (χ1v) is 8.40. The highest BCUT2D eigenvalue weighted by atomic mass is 16.1. The first-order chi connectivity index (χ1) is 12.7. The van der Waals surface area contributed by atoms with Crippen LogP contribution in [0.1, 0.15) is 11.1 Å². The van der Waals surface area contributed by atoms with Gasteiger partial charge in [-0.3, -0.25) is 9.79 Å². The molecule has 0 saturated heterocycles. The summed E-state index contributed by atoms with van der Waals surface area (Å²) >= 11 is 0. The Balaban J connectivity index is 1.80. The Labute approximate surface area is 150 Å². The summed E-state index contributed by atoms with van der Waals surface area (Å²) in [4.78, 5) is 24.6. The molecule has 0 saturated carbocycles. The Hall–Kier alpha value is -3.53. The van der Waals surface area contributed by atoms with Crippen molar-refractivity contribution in [1.82, 2.24) is 9.97 Å². The number of benzene rings is 3. The van der Waals surface area contributed by atoms with Crippen molar-refractivity contribution in [3.63, 3.8) is 0 Å². The molecule has 0 unspecified atom stereocenters. The Bertz CT molecular complexity index is 1160. The lowest BCUT2D eigenvalue weighted by atomic mass is 10.1. The first kappa shape index (κ1) is 16.0. The standard InChI is InChI=1S/C22H17N3O/c1-15-10-12-16(13-11-15)14-23-18-7-3-2-6-17(18)21-22(26)25-20-9-5-4-8-19(20)24-21/h2-14H,1H3,(H,25,26). The topological polar surface area (TPSA) is 58.1 Å². The molecule has 126 valence electrons. The molecule has 0 bridgehead atoms. The lowest BCUT2D eigenvalue weighted by Gasteiger charge is -2.06. The molecule has 0 aliphatic carbocycles. The van der Waals surface area contributed by atoms with E-state index in [2.05, 4.69) is 15.0 Å². The third-order valence-electron chi connectivity index (χ3n) is 4.19. The number of rotatable bonds is 3. The maximum atomic E-state index is 12.5. The molecule has 4 heteroatoms. The molecule has 1 N–H and O–H groups in total. The third kappa shape index (κ3) is 3.17. The number of nitrogens with one attached hydrogen (secondary N) is 1. The molecular weight excluding hydrogens is 322 g/mol. The van der Waals surface area contributed by atoms with E-state index in [0.29, 0.717) is 16.9 Å². The van der Waals surface area contributed by atoms with Gasteiger partial charge < -0.3 is 4.98 Å². The van der Waals surface area contributed by atoms with Gasteiger partial charge in [-0.1, -0.05) is 60.2 Å². The number of fused-ring (bicyclic) bond motifs is 1. The number of aromatic nitrogens is 2.